The van der Waals surface area contributed by atoms with Crippen LogP contribution in [-0.2, 0) is 11.3 Å². The number of aromatic amines is 1. The molecule has 1 heterocycles. The van der Waals surface area contributed by atoms with Crippen molar-refractivity contribution in [1.29, 1.82) is 0 Å². The maximum absolute atomic E-state index is 11.7. The predicted molar refractivity (Wildman–Crippen MR) is 79.4 cm³/mol. The molecule has 0 saturated heterocycles. The van der Waals surface area contributed by atoms with Crippen LogP contribution in [0.3, 0.4) is 0 Å². The molecule has 0 atom stereocenters. The van der Waals surface area contributed by atoms with Gasteiger partial charge in [0, 0.05) is 5.56 Å². The van der Waals surface area contributed by atoms with E-state index >= 15 is 0 Å². The van der Waals surface area contributed by atoms with Crippen molar-refractivity contribution in [2.24, 2.45) is 0 Å². The van der Waals surface area contributed by atoms with Crippen LogP contribution in [0.25, 0.3) is 11.4 Å². The van der Waals surface area contributed by atoms with Gasteiger partial charge < -0.3 is 5.32 Å². The summed E-state index contributed by atoms with van der Waals surface area (Å²) < 4.78 is 2.04. The summed E-state index contributed by atoms with van der Waals surface area (Å²) in [6.07, 6.45) is 5.10. The SMILES string of the molecule is C#CCNC(=O)Cn1c(-c2ccc(C)cc2)n[nH]c1=S. The number of H-pyrrole nitrogens is 1. The first-order chi connectivity index (χ1) is 9.61. The molecular weight excluding hydrogens is 272 g/mol. The largest absolute Gasteiger partial charge is 0.344 e. The molecule has 2 N–H and O–H groups in total. The Hall–Kier alpha value is -2.39. The minimum absolute atomic E-state index is 0.0836. The van der Waals surface area contributed by atoms with Crippen LogP contribution >= 0.6 is 12.2 Å². The Morgan fingerprint density at radius 1 is 1.50 bits per heavy atom. The van der Waals surface area contributed by atoms with Crippen LogP contribution in [0, 0.1) is 24.0 Å². The molecule has 0 aliphatic carbocycles. The average molecular weight is 286 g/mol. The van der Waals surface area contributed by atoms with E-state index < -0.39 is 0 Å². The Labute approximate surface area is 122 Å². The van der Waals surface area contributed by atoms with Gasteiger partial charge in [0.25, 0.3) is 0 Å². The Balaban J connectivity index is 2.28. The van der Waals surface area contributed by atoms with Gasteiger partial charge in [0.1, 0.15) is 6.54 Å². The summed E-state index contributed by atoms with van der Waals surface area (Å²) in [6.45, 7) is 2.29. The quantitative estimate of drug-likeness (QED) is 0.664. The maximum atomic E-state index is 11.7. The predicted octanol–water partition coefficient (Wildman–Crippen LogP) is 1.67. The molecule has 0 aliphatic heterocycles. The standard InChI is InChI=1S/C14H14N4OS/c1-3-8-15-12(19)9-18-13(16-17-14(18)20)11-6-4-10(2)5-7-11/h1,4-7H,8-9H2,2H3,(H,15,19)(H,17,20). The van der Waals surface area contributed by atoms with Gasteiger partial charge in [-0.15, -0.1) is 6.42 Å². The normalized spacial score (nSPS) is 10.0. The van der Waals surface area contributed by atoms with E-state index in [1.165, 1.54) is 0 Å². The van der Waals surface area contributed by atoms with Crippen LogP contribution in [0.1, 0.15) is 5.56 Å². The van der Waals surface area contributed by atoms with Crippen LogP contribution in [0.4, 0.5) is 0 Å². The van der Waals surface area contributed by atoms with E-state index in [4.69, 9.17) is 18.6 Å². The summed E-state index contributed by atoms with van der Waals surface area (Å²) in [6, 6.07) is 7.85. The van der Waals surface area contributed by atoms with Gasteiger partial charge in [0.15, 0.2) is 10.6 Å². The molecule has 1 amide bonds. The fraction of sp³-hybridized carbons (Fsp3) is 0.214. The minimum atomic E-state index is -0.200. The molecule has 0 bridgehead atoms. The van der Waals surface area contributed by atoms with Crippen LogP contribution in [0.15, 0.2) is 24.3 Å². The number of aryl methyl sites for hydroxylation is 1. The van der Waals surface area contributed by atoms with Gasteiger partial charge in [-0.05, 0) is 19.1 Å². The smallest absolute Gasteiger partial charge is 0.240 e. The fourth-order valence-corrected chi connectivity index (χ4v) is 1.93. The molecule has 6 heteroatoms. The third-order valence-corrected chi connectivity index (χ3v) is 3.07. The highest BCUT2D eigenvalue weighted by atomic mass is 32.1. The highest BCUT2D eigenvalue weighted by molar-refractivity contribution is 7.71. The Morgan fingerprint density at radius 2 is 2.20 bits per heavy atom. The number of carbonyl (C=O) groups excluding carboxylic acids is 1. The van der Waals surface area contributed by atoms with Gasteiger partial charge in [-0.3, -0.25) is 14.5 Å². The van der Waals surface area contributed by atoms with Crippen LogP contribution in [0.5, 0.6) is 0 Å². The molecule has 0 radical (unpaired) electrons. The second kappa shape index (κ2) is 6.17. The number of hydrogen-bond donors (Lipinski definition) is 2. The molecule has 0 saturated carbocycles. The lowest BCUT2D eigenvalue weighted by Gasteiger charge is -2.07. The zero-order chi connectivity index (χ0) is 14.5. The molecular formula is C14H14N4OS. The Bertz CT molecular complexity index is 706. The number of benzene rings is 1. The van der Waals surface area contributed by atoms with Crippen molar-refractivity contribution in [3.05, 3.63) is 34.6 Å². The molecule has 102 valence electrons. The number of nitrogens with zero attached hydrogens (tertiary/aromatic N) is 2. The van der Waals surface area contributed by atoms with Gasteiger partial charge in [0.05, 0.1) is 6.54 Å². The van der Waals surface area contributed by atoms with Gasteiger partial charge >= 0.3 is 0 Å². The molecule has 2 rings (SSSR count). The van der Waals surface area contributed by atoms with Crippen LogP contribution < -0.4 is 5.32 Å². The van der Waals surface area contributed by atoms with Crippen molar-refractivity contribution in [1.82, 2.24) is 20.1 Å². The summed E-state index contributed by atoms with van der Waals surface area (Å²) in [5.74, 6) is 2.78. The molecule has 0 unspecified atom stereocenters. The highest BCUT2D eigenvalue weighted by Crippen LogP contribution is 2.17. The number of amides is 1. The molecule has 0 fully saturated rings. The topological polar surface area (TPSA) is 62.7 Å². The van der Waals surface area contributed by atoms with Gasteiger partial charge in [-0.25, -0.2) is 0 Å². The lowest BCUT2D eigenvalue weighted by molar-refractivity contribution is -0.121. The van der Waals surface area contributed by atoms with E-state index in [1.807, 2.05) is 31.2 Å². The van der Waals surface area contributed by atoms with E-state index in [9.17, 15) is 4.79 Å². The van der Waals surface area contributed by atoms with Crippen molar-refractivity contribution in [3.63, 3.8) is 0 Å². The summed E-state index contributed by atoms with van der Waals surface area (Å²) >= 11 is 5.15. The number of hydrogen-bond acceptors (Lipinski definition) is 3. The second-order valence-electron chi connectivity index (χ2n) is 4.29. The van der Waals surface area contributed by atoms with Crippen molar-refractivity contribution >= 4 is 18.1 Å². The molecule has 2 aromatic rings. The van der Waals surface area contributed by atoms with Crippen molar-refractivity contribution in [3.8, 4) is 23.7 Å². The van der Waals surface area contributed by atoms with Gasteiger partial charge in [0.2, 0.25) is 5.91 Å². The first-order valence-corrected chi connectivity index (χ1v) is 6.45. The first-order valence-electron chi connectivity index (χ1n) is 6.04. The highest BCUT2D eigenvalue weighted by Gasteiger charge is 2.11. The third-order valence-electron chi connectivity index (χ3n) is 2.76. The lowest BCUT2D eigenvalue weighted by Crippen LogP contribution is -2.28. The molecule has 0 spiro atoms. The summed E-state index contributed by atoms with van der Waals surface area (Å²) in [5, 5.41) is 9.48. The Morgan fingerprint density at radius 3 is 2.85 bits per heavy atom. The number of aromatic nitrogens is 3. The van der Waals surface area contributed by atoms with Crippen LogP contribution in [0.2, 0.25) is 0 Å². The fourth-order valence-electron chi connectivity index (χ4n) is 1.74. The molecule has 1 aromatic heterocycles. The maximum Gasteiger partial charge on any atom is 0.240 e. The molecule has 5 nitrogen and oxygen atoms in total. The van der Waals surface area contributed by atoms with E-state index in [1.54, 1.807) is 4.57 Å². The third kappa shape index (κ3) is 3.13. The zero-order valence-corrected chi connectivity index (χ0v) is 11.8. The first kappa shape index (κ1) is 14.0. The molecule has 20 heavy (non-hydrogen) atoms. The second-order valence-corrected chi connectivity index (χ2v) is 4.67. The molecule has 1 aromatic carbocycles. The zero-order valence-electron chi connectivity index (χ0n) is 11.0. The minimum Gasteiger partial charge on any atom is -0.344 e. The van der Waals surface area contributed by atoms with E-state index in [2.05, 4.69) is 21.4 Å². The number of rotatable bonds is 4. The van der Waals surface area contributed by atoms with E-state index in [0.29, 0.717) is 10.6 Å². The van der Waals surface area contributed by atoms with E-state index in [-0.39, 0.29) is 19.0 Å². The lowest BCUT2D eigenvalue weighted by atomic mass is 10.1. The molecule has 0 aliphatic rings. The van der Waals surface area contributed by atoms with E-state index in [0.717, 1.165) is 11.1 Å². The summed E-state index contributed by atoms with van der Waals surface area (Å²) in [4.78, 5) is 11.7. The number of carbonyl (C=O) groups is 1. The average Bonchev–Trinajstić information content (AvgIpc) is 2.79. The number of nitrogens with one attached hydrogen (secondary N) is 2. The number of terminal acetylenes is 1. The van der Waals surface area contributed by atoms with Crippen molar-refractivity contribution in [2.75, 3.05) is 6.54 Å². The Kier molecular flexibility index (Phi) is 4.33. The summed E-state index contributed by atoms with van der Waals surface area (Å²) in [7, 11) is 0. The van der Waals surface area contributed by atoms with Gasteiger partial charge in [-0.1, -0.05) is 35.7 Å². The monoisotopic (exact) mass is 286 g/mol. The summed E-state index contributed by atoms with van der Waals surface area (Å²) in [5.41, 5.74) is 2.05. The van der Waals surface area contributed by atoms with Crippen molar-refractivity contribution in [2.45, 2.75) is 13.5 Å². The van der Waals surface area contributed by atoms with Crippen LogP contribution in [-0.4, -0.2) is 27.2 Å². The van der Waals surface area contributed by atoms with Crippen molar-refractivity contribution < 1.29 is 4.79 Å². The van der Waals surface area contributed by atoms with Gasteiger partial charge in [-0.2, -0.15) is 5.10 Å².